The number of amides is 1. The van der Waals surface area contributed by atoms with E-state index < -0.39 is 0 Å². The molecule has 3 nitrogen and oxygen atoms in total. The zero-order valence-electron chi connectivity index (χ0n) is 12.0. The lowest BCUT2D eigenvalue weighted by Crippen LogP contribution is -2.41. The van der Waals surface area contributed by atoms with Crippen molar-refractivity contribution in [2.45, 2.75) is 37.3 Å². The van der Waals surface area contributed by atoms with Gasteiger partial charge in [0.25, 0.3) is 0 Å². The second kappa shape index (κ2) is 4.85. The molecule has 1 heterocycles. The molecule has 1 saturated carbocycles. The first-order valence-electron chi connectivity index (χ1n) is 7.70. The Morgan fingerprint density at radius 2 is 1.95 bits per heavy atom. The maximum atomic E-state index is 12.4. The topological polar surface area (TPSA) is 38.3 Å². The molecule has 0 bridgehead atoms. The molecular weight excluding hydrogens is 262 g/mol. The maximum Gasteiger partial charge on any atom is 0.249 e. The Balaban J connectivity index is 1.66. The first-order valence-corrected chi connectivity index (χ1v) is 7.70. The lowest BCUT2D eigenvalue weighted by Gasteiger charge is -2.22. The van der Waals surface area contributed by atoms with Crippen LogP contribution in [0.1, 0.15) is 31.2 Å². The van der Waals surface area contributed by atoms with Crippen molar-refractivity contribution in [3.05, 3.63) is 48.0 Å². The highest BCUT2D eigenvalue weighted by Crippen LogP contribution is 2.48. The fourth-order valence-electron chi connectivity index (χ4n) is 3.33. The molecule has 2 aliphatic rings. The zero-order valence-corrected chi connectivity index (χ0v) is 12.0. The molecule has 2 aromatic rings. The highest BCUT2D eigenvalue weighted by Gasteiger charge is 2.47. The van der Waals surface area contributed by atoms with Crippen LogP contribution in [0.5, 0.6) is 0 Å². The van der Waals surface area contributed by atoms with Gasteiger partial charge in [0.1, 0.15) is 6.10 Å². The Kier molecular flexibility index (Phi) is 2.96. The van der Waals surface area contributed by atoms with E-state index in [4.69, 9.17) is 4.74 Å². The van der Waals surface area contributed by atoms with E-state index >= 15 is 0 Å². The first-order chi connectivity index (χ1) is 10.3. The second-order valence-electron chi connectivity index (χ2n) is 6.10. The van der Waals surface area contributed by atoms with Gasteiger partial charge in [0.05, 0.1) is 5.54 Å². The number of benzene rings is 2. The average molecular weight is 281 g/mol. The van der Waals surface area contributed by atoms with Crippen LogP contribution in [0, 0.1) is 0 Å². The number of hydrogen-bond donors (Lipinski definition) is 1. The Hall–Kier alpha value is -1.87. The van der Waals surface area contributed by atoms with Gasteiger partial charge in [0.2, 0.25) is 5.91 Å². The lowest BCUT2D eigenvalue weighted by molar-refractivity contribution is -0.131. The van der Waals surface area contributed by atoms with Crippen LogP contribution in [-0.2, 0) is 15.1 Å². The monoisotopic (exact) mass is 281 g/mol. The van der Waals surface area contributed by atoms with E-state index in [2.05, 4.69) is 47.8 Å². The van der Waals surface area contributed by atoms with Gasteiger partial charge in [-0.2, -0.15) is 0 Å². The molecule has 0 radical (unpaired) electrons. The van der Waals surface area contributed by atoms with Gasteiger partial charge >= 0.3 is 0 Å². The number of nitrogens with one attached hydrogen (secondary N) is 1. The molecular formula is C18H19NO2. The number of carbonyl (C=O) groups excluding carboxylic acids is 1. The van der Waals surface area contributed by atoms with Crippen molar-refractivity contribution in [1.29, 1.82) is 0 Å². The predicted molar refractivity (Wildman–Crippen MR) is 82.0 cm³/mol. The molecule has 1 aliphatic heterocycles. The van der Waals surface area contributed by atoms with Crippen molar-refractivity contribution in [2.24, 2.45) is 0 Å². The average Bonchev–Trinajstić information content (AvgIpc) is 3.08. The summed E-state index contributed by atoms with van der Waals surface area (Å²) in [5.41, 5.74) is 1.07. The molecule has 2 fully saturated rings. The minimum atomic E-state index is -0.252. The molecule has 1 amide bonds. The third kappa shape index (κ3) is 2.22. The number of ether oxygens (including phenoxy) is 1. The fraction of sp³-hybridized carbons (Fsp3) is 0.389. The molecule has 108 valence electrons. The number of fused-ring (bicyclic) bond motifs is 1. The molecule has 1 aliphatic carbocycles. The van der Waals surface area contributed by atoms with Gasteiger partial charge < -0.3 is 10.1 Å². The van der Waals surface area contributed by atoms with Crippen molar-refractivity contribution < 1.29 is 9.53 Å². The Bertz CT molecular complexity index is 679. The zero-order chi connectivity index (χ0) is 14.3. The summed E-state index contributed by atoms with van der Waals surface area (Å²) in [6, 6.07) is 14.7. The largest absolute Gasteiger partial charge is 0.368 e. The maximum absolute atomic E-state index is 12.4. The Morgan fingerprint density at radius 1 is 1.14 bits per heavy atom. The molecule has 1 atom stereocenters. The van der Waals surface area contributed by atoms with Crippen LogP contribution >= 0.6 is 0 Å². The Labute approximate surface area is 124 Å². The lowest BCUT2D eigenvalue weighted by atomic mass is 9.96. The van der Waals surface area contributed by atoms with Gasteiger partial charge in [-0.05, 0) is 42.0 Å². The second-order valence-corrected chi connectivity index (χ2v) is 6.10. The summed E-state index contributed by atoms with van der Waals surface area (Å²) in [6.45, 7) is 0.708. The van der Waals surface area contributed by atoms with Gasteiger partial charge in [-0.25, -0.2) is 0 Å². The van der Waals surface area contributed by atoms with E-state index in [0.717, 1.165) is 25.7 Å². The predicted octanol–water partition coefficient (Wildman–Crippen LogP) is 3.12. The van der Waals surface area contributed by atoms with Crippen LogP contribution in [0.2, 0.25) is 0 Å². The van der Waals surface area contributed by atoms with E-state index in [9.17, 15) is 4.79 Å². The Morgan fingerprint density at radius 3 is 2.71 bits per heavy atom. The quantitative estimate of drug-likeness (QED) is 0.938. The number of rotatable bonds is 3. The van der Waals surface area contributed by atoms with Gasteiger partial charge in [-0.3, -0.25) is 4.79 Å². The normalized spacial score (nSPS) is 23.1. The molecule has 4 rings (SSSR count). The molecule has 3 heteroatoms. The molecule has 2 aromatic carbocycles. The van der Waals surface area contributed by atoms with Gasteiger partial charge in [-0.15, -0.1) is 0 Å². The summed E-state index contributed by atoms with van der Waals surface area (Å²) in [6.07, 6.45) is 3.60. The molecule has 1 unspecified atom stereocenters. The van der Waals surface area contributed by atoms with E-state index in [0.29, 0.717) is 6.61 Å². The number of hydrogen-bond acceptors (Lipinski definition) is 2. The molecule has 0 spiro atoms. The molecule has 1 N–H and O–H groups in total. The summed E-state index contributed by atoms with van der Waals surface area (Å²) in [5, 5.41) is 5.72. The van der Waals surface area contributed by atoms with Gasteiger partial charge in [0, 0.05) is 6.61 Å². The van der Waals surface area contributed by atoms with Gasteiger partial charge in [0.15, 0.2) is 0 Å². The van der Waals surface area contributed by atoms with Gasteiger partial charge in [-0.1, -0.05) is 42.5 Å². The van der Waals surface area contributed by atoms with Crippen molar-refractivity contribution in [1.82, 2.24) is 5.32 Å². The summed E-state index contributed by atoms with van der Waals surface area (Å²) in [7, 11) is 0. The summed E-state index contributed by atoms with van der Waals surface area (Å²) in [5.74, 6) is 0.0536. The standard InChI is InChI=1S/C18H19NO2/c20-17(16-9-4-12-21-16)19-18(10-11-18)15-8-3-6-13-5-1-2-7-14(13)15/h1-3,5-8,16H,4,9-12H2,(H,19,20). The molecule has 21 heavy (non-hydrogen) atoms. The van der Waals surface area contributed by atoms with Crippen LogP contribution in [0.3, 0.4) is 0 Å². The van der Waals surface area contributed by atoms with E-state index in [1.807, 2.05) is 0 Å². The van der Waals surface area contributed by atoms with Crippen LogP contribution in [0.25, 0.3) is 10.8 Å². The minimum Gasteiger partial charge on any atom is -0.368 e. The van der Waals surface area contributed by atoms with Crippen molar-refractivity contribution in [3.63, 3.8) is 0 Å². The van der Waals surface area contributed by atoms with Crippen LogP contribution in [0.4, 0.5) is 0 Å². The molecule has 1 saturated heterocycles. The molecule has 0 aromatic heterocycles. The third-order valence-corrected chi connectivity index (χ3v) is 4.64. The van der Waals surface area contributed by atoms with E-state index in [1.54, 1.807) is 0 Å². The minimum absolute atomic E-state index is 0.0536. The van der Waals surface area contributed by atoms with Crippen molar-refractivity contribution >= 4 is 16.7 Å². The summed E-state index contributed by atoms with van der Waals surface area (Å²) < 4.78 is 5.50. The van der Waals surface area contributed by atoms with Crippen LogP contribution in [-0.4, -0.2) is 18.6 Å². The van der Waals surface area contributed by atoms with Crippen LogP contribution in [0.15, 0.2) is 42.5 Å². The van der Waals surface area contributed by atoms with Crippen LogP contribution < -0.4 is 5.32 Å². The third-order valence-electron chi connectivity index (χ3n) is 4.64. The first kappa shape index (κ1) is 12.8. The smallest absolute Gasteiger partial charge is 0.249 e. The SMILES string of the molecule is O=C(NC1(c2cccc3ccccc23)CC1)C1CCCO1. The summed E-state index contributed by atoms with van der Waals surface area (Å²) >= 11 is 0. The van der Waals surface area contributed by atoms with Crippen molar-refractivity contribution in [2.75, 3.05) is 6.61 Å². The summed E-state index contributed by atoms with van der Waals surface area (Å²) in [4.78, 5) is 12.4. The number of carbonyl (C=O) groups is 1. The highest BCUT2D eigenvalue weighted by atomic mass is 16.5. The van der Waals surface area contributed by atoms with E-state index in [1.165, 1.54) is 16.3 Å². The fourth-order valence-corrected chi connectivity index (χ4v) is 3.33. The van der Waals surface area contributed by atoms with E-state index in [-0.39, 0.29) is 17.6 Å². The highest BCUT2D eigenvalue weighted by molar-refractivity contribution is 5.89. The van der Waals surface area contributed by atoms with Crippen molar-refractivity contribution in [3.8, 4) is 0 Å².